The van der Waals surface area contributed by atoms with Gasteiger partial charge in [-0.25, -0.2) is 0 Å². The molecule has 0 aliphatic carbocycles. The Morgan fingerprint density at radius 1 is 0.875 bits per heavy atom. The molecule has 2 saturated heterocycles. The van der Waals surface area contributed by atoms with Crippen LogP contribution in [0.5, 0.6) is 0 Å². The van der Waals surface area contributed by atoms with Crippen molar-refractivity contribution in [1.29, 1.82) is 0 Å². The lowest BCUT2D eigenvalue weighted by molar-refractivity contribution is -0.136. The Morgan fingerprint density at radius 2 is 1.62 bits per heavy atom. The number of carbonyl (C=O) groups is 2. The minimum atomic E-state index is -0.00809. The van der Waals surface area contributed by atoms with Gasteiger partial charge in [0, 0.05) is 50.4 Å². The molecule has 0 radical (unpaired) electrons. The van der Waals surface area contributed by atoms with E-state index in [0.717, 1.165) is 16.5 Å². The smallest absolute Gasteiger partial charge is 0.253 e. The van der Waals surface area contributed by atoms with Crippen molar-refractivity contribution in [2.24, 2.45) is 0 Å². The van der Waals surface area contributed by atoms with Crippen LogP contribution in [0.15, 0.2) is 53.1 Å². The second kappa shape index (κ2) is 9.10. The molecular formula is C24H26N4O4. The van der Waals surface area contributed by atoms with Gasteiger partial charge in [-0.15, -0.1) is 0 Å². The average molecular weight is 434 g/mol. The third-order valence-corrected chi connectivity index (χ3v) is 6.14. The minimum Gasteiger partial charge on any atom is -0.378 e. The summed E-state index contributed by atoms with van der Waals surface area (Å²) in [6.07, 6.45) is 0. The van der Waals surface area contributed by atoms with Gasteiger partial charge in [0.2, 0.25) is 5.91 Å². The first-order valence-electron chi connectivity index (χ1n) is 11.0. The van der Waals surface area contributed by atoms with Crippen molar-refractivity contribution in [3.05, 3.63) is 54.1 Å². The highest BCUT2D eigenvalue weighted by molar-refractivity contribution is 6.01. The number of ether oxygens (including phenoxy) is 1. The molecule has 2 amide bonds. The zero-order valence-corrected chi connectivity index (χ0v) is 17.9. The van der Waals surface area contributed by atoms with Gasteiger partial charge in [-0.05, 0) is 18.2 Å². The van der Waals surface area contributed by atoms with E-state index in [9.17, 15) is 9.59 Å². The van der Waals surface area contributed by atoms with Crippen molar-refractivity contribution >= 4 is 22.7 Å². The molecule has 0 saturated carbocycles. The van der Waals surface area contributed by atoms with Crippen LogP contribution < -0.4 is 0 Å². The molecule has 0 bridgehead atoms. The fourth-order valence-corrected chi connectivity index (χ4v) is 4.27. The highest BCUT2D eigenvalue weighted by Gasteiger charge is 2.26. The van der Waals surface area contributed by atoms with E-state index >= 15 is 0 Å². The number of hydrogen-bond acceptors (Lipinski definition) is 6. The number of hydrogen-bond donors (Lipinski definition) is 0. The Hall–Kier alpha value is -3.23. The van der Waals surface area contributed by atoms with Crippen molar-refractivity contribution in [2.75, 3.05) is 59.0 Å². The van der Waals surface area contributed by atoms with Crippen molar-refractivity contribution in [1.82, 2.24) is 19.9 Å². The fourth-order valence-electron chi connectivity index (χ4n) is 4.27. The van der Waals surface area contributed by atoms with Crippen LogP contribution in [-0.4, -0.2) is 90.7 Å². The number of carbonyl (C=O) groups excluding carboxylic acids is 2. The van der Waals surface area contributed by atoms with Crippen molar-refractivity contribution in [3.63, 3.8) is 0 Å². The summed E-state index contributed by atoms with van der Waals surface area (Å²) < 4.78 is 10.9. The van der Waals surface area contributed by atoms with E-state index in [2.05, 4.69) is 10.1 Å². The first kappa shape index (κ1) is 20.7. The molecule has 3 aromatic rings. The lowest BCUT2D eigenvalue weighted by Crippen LogP contribution is -2.52. The van der Waals surface area contributed by atoms with Gasteiger partial charge in [0.05, 0.1) is 25.1 Å². The van der Waals surface area contributed by atoms with Gasteiger partial charge in [-0.3, -0.25) is 14.5 Å². The van der Waals surface area contributed by atoms with E-state index in [1.54, 1.807) is 6.07 Å². The number of benzene rings is 2. The standard InChI is InChI=1S/C24H26N4O4/c29-22(27-12-14-31-15-13-27)17-26-8-10-28(11-9-26)24(30)19-6-7-21-20(16-19)23(32-25-21)18-4-2-1-3-5-18/h1-7,16H,8-15,17H2. The molecule has 0 spiro atoms. The van der Waals surface area contributed by atoms with Crippen LogP contribution in [0.25, 0.3) is 22.2 Å². The highest BCUT2D eigenvalue weighted by atomic mass is 16.5. The molecular weight excluding hydrogens is 408 g/mol. The van der Waals surface area contributed by atoms with Crippen LogP contribution in [0.2, 0.25) is 0 Å². The number of aromatic nitrogens is 1. The summed E-state index contributed by atoms with van der Waals surface area (Å²) in [7, 11) is 0. The maximum Gasteiger partial charge on any atom is 0.253 e. The second-order valence-corrected chi connectivity index (χ2v) is 8.17. The maximum atomic E-state index is 13.2. The number of amides is 2. The van der Waals surface area contributed by atoms with E-state index in [0.29, 0.717) is 70.4 Å². The lowest BCUT2D eigenvalue weighted by Gasteiger charge is -2.36. The molecule has 2 aliphatic rings. The maximum absolute atomic E-state index is 13.2. The first-order valence-corrected chi connectivity index (χ1v) is 11.0. The van der Waals surface area contributed by atoms with Crippen molar-refractivity contribution in [3.8, 4) is 11.3 Å². The number of fused-ring (bicyclic) bond motifs is 1. The third-order valence-electron chi connectivity index (χ3n) is 6.14. The molecule has 0 N–H and O–H groups in total. The summed E-state index contributed by atoms with van der Waals surface area (Å²) in [5.41, 5.74) is 2.28. The Bertz CT molecular complexity index is 1100. The Morgan fingerprint density at radius 3 is 2.38 bits per heavy atom. The van der Waals surface area contributed by atoms with Crippen LogP contribution in [0.4, 0.5) is 0 Å². The molecule has 3 heterocycles. The SMILES string of the molecule is O=C(CN1CCN(C(=O)c2ccc3noc(-c4ccccc4)c3c2)CC1)N1CCOCC1. The zero-order valence-electron chi connectivity index (χ0n) is 17.9. The lowest BCUT2D eigenvalue weighted by atomic mass is 10.1. The van der Waals surface area contributed by atoms with Crippen molar-refractivity contribution in [2.45, 2.75) is 0 Å². The molecule has 0 atom stereocenters. The van der Waals surface area contributed by atoms with Gasteiger partial charge >= 0.3 is 0 Å². The first-order chi connectivity index (χ1) is 15.7. The van der Waals surface area contributed by atoms with Gasteiger partial charge < -0.3 is 19.1 Å². The van der Waals surface area contributed by atoms with Crippen LogP contribution in [0.1, 0.15) is 10.4 Å². The van der Waals surface area contributed by atoms with Crippen LogP contribution >= 0.6 is 0 Å². The molecule has 2 fully saturated rings. The predicted molar refractivity (Wildman–Crippen MR) is 119 cm³/mol. The largest absolute Gasteiger partial charge is 0.378 e. The Labute approximate surface area is 186 Å². The summed E-state index contributed by atoms with van der Waals surface area (Å²) in [5.74, 6) is 0.799. The number of nitrogens with zero attached hydrogens (tertiary/aromatic N) is 4. The van der Waals surface area contributed by atoms with Crippen molar-refractivity contribution < 1.29 is 18.8 Å². The molecule has 2 aliphatic heterocycles. The third kappa shape index (κ3) is 4.24. The predicted octanol–water partition coefficient (Wildman–Crippen LogP) is 2.11. The normalized spacial score (nSPS) is 17.6. The van der Waals surface area contributed by atoms with E-state index < -0.39 is 0 Å². The summed E-state index contributed by atoms with van der Waals surface area (Å²) in [6.45, 7) is 5.51. The molecule has 166 valence electrons. The zero-order chi connectivity index (χ0) is 21.9. The Kier molecular flexibility index (Phi) is 5.87. The van der Waals surface area contributed by atoms with E-state index in [4.69, 9.17) is 9.26 Å². The number of morpholine rings is 1. The number of piperazine rings is 1. The fraction of sp³-hybridized carbons (Fsp3) is 0.375. The van der Waals surface area contributed by atoms with Gasteiger partial charge in [0.15, 0.2) is 5.76 Å². The van der Waals surface area contributed by atoms with Gasteiger partial charge in [-0.2, -0.15) is 0 Å². The molecule has 0 unspecified atom stereocenters. The molecule has 32 heavy (non-hydrogen) atoms. The molecule has 1 aromatic heterocycles. The summed E-state index contributed by atoms with van der Waals surface area (Å²) >= 11 is 0. The topological polar surface area (TPSA) is 79.1 Å². The van der Waals surface area contributed by atoms with E-state index in [1.165, 1.54) is 0 Å². The highest BCUT2D eigenvalue weighted by Crippen LogP contribution is 2.29. The summed E-state index contributed by atoms with van der Waals surface area (Å²) in [4.78, 5) is 31.5. The van der Waals surface area contributed by atoms with E-state index in [1.807, 2.05) is 52.3 Å². The Balaban J connectivity index is 1.24. The average Bonchev–Trinajstić information content (AvgIpc) is 3.28. The molecule has 8 heteroatoms. The minimum absolute atomic E-state index is 0.00809. The van der Waals surface area contributed by atoms with Crippen LogP contribution in [0.3, 0.4) is 0 Å². The summed E-state index contributed by atoms with van der Waals surface area (Å²) in [5, 5.41) is 4.96. The van der Waals surface area contributed by atoms with E-state index in [-0.39, 0.29) is 11.8 Å². The van der Waals surface area contributed by atoms with Crippen LogP contribution in [0, 0.1) is 0 Å². The molecule has 2 aromatic carbocycles. The molecule has 8 nitrogen and oxygen atoms in total. The summed E-state index contributed by atoms with van der Waals surface area (Å²) in [6, 6.07) is 15.3. The van der Waals surface area contributed by atoms with Gasteiger partial charge in [-0.1, -0.05) is 35.5 Å². The van der Waals surface area contributed by atoms with Gasteiger partial charge in [0.1, 0.15) is 5.52 Å². The monoisotopic (exact) mass is 434 g/mol. The second-order valence-electron chi connectivity index (χ2n) is 8.17. The quantitative estimate of drug-likeness (QED) is 0.626. The molecule has 5 rings (SSSR count). The van der Waals surface area contributed by atoms with Gasteiger partial charge in [0.25, 0.3) is 5.91 Å². The number of rotatable bonds is 4. The van der Waals surface area contributed by atoms with Crippen LogP contribution in [-0.2, 0) is 9.53 Å².